The second-order valence-corrected chi connectivity index (χ2v) is 6.84. The number of amides is 1. The number of anilines is 1. The molecule has 138 valence electrons. The fraction of sp³-hybridized carbons (Fsp3) is 0.421. The maximum Gasteiger partial charge on any atom is 0.271 e. The molecule has 1 N–H and O–H groups in total. The number of rotatable bonds is 4. The summed E-state index contributed by atoms with van der Waals surface area (Å²) in [6.07, 6.45) is 1.49. The van der Waals surface area contributed by atoms with Gasteiger partial charge in [0, 0.05) is 31.1 Å². The minimum absolute atomic E-state index is 0.0108. The molecule has 0 saturated carbocycles. The van der Waals surface area contributed by atoms with Crippen LogP contribution in [0.15, 0.2) is 41.2 Å². The monoisotopic (exact) mass is 358 g/mol. The minimum atomic E-state index is -0.361. The Morgan fingerprint density at radius 1 is 1.15 bits per heavy atom. The van der Waals surface area contributed by atoms with E-state index in [1.807, 2.05) is 13.8 Å². The van der Waals surface area contributed by atoms with Gasteiger partial charge in [-0.05, 0) is 57.0 Å². The van der Waals surface area contributed by atoms with Gasteiger partial charge < -0.3 is 10.2 Å². The minimum Gasteiger partial charge on any atom is -0.355 e. The van der Waals surface area contributed by atoms with E-state index in [1.54, 1.807) is 6.07 Å². The zero-order chi connectivity index (χ0) is 18.7. The lowest BCUT2D eigenvalue weighted by Crippen LogP contribution is -2.43. The third-order valence-corrected chi connectivity index (χ3v) is 4.48. The number of aromatic nitrogens is 2. The highest BCUT2D eigenvalue weighted by molar-refractivity contribution is 5.79. The first-order valence-corrected chi connectivity index (χ1v) is 8.85. The summed E-state index contributed by atoms with van der Waals surface area (Å²) in [7, 11) is 0. The predicted molar refractivity (Wildman–Crippen MR) is 98.0 cm³/mol. The SMILES string of the molecule is CC(C)NC(=O)C1CCN(c2ccc(=O)n(-c3ccc(F)cc3)n2)CC1. The third kappa shape index (κ3) is 4.09. The lowest BCUT2D eigenvalue weighted by Gasteiger charge is -2.32. The number of hydrogen-bond donors (Lipinski definition) is 1. The lowest BCUT2D eigenvalue weighted by atomic mass is 9.95. The van der Waals surface area contributed by atoms with E-state index in [0.717, 1.165) is 12.8 Å². The average Bonchev–Trinajstić information content (AvgIpc) is 2.62. The molecule has 1 saturated heterocycles. The van der Waals surface area contributed by atoms with Gasteiger partial charge in [-0.25, -0.2) is 4.39 Å². The van der Waals surface area contributed by atoms with Crippen LogP contribution in [0, 0.1) is 11.7 Å². The van der Waals surface area contributed by atoms with Gasteiger partial charge in [0.15, 0.2) is 0 Å². The number of halogens is 1. The summed E-state index contributed by atoms with van der Waals surface area (Å²) in [5.74, 6) is 0.428. The van der Waals surface area contributed by atoms with Crippen molar-refractivity contribution in [2.24, 2.45) is 5.92 Å². The number of carbonyl (C=O) groups is 1. The highest BCUT2D eigenvalue weighted by atomic mass is 19.1. The molecule has 1 aromatic carbocycles. The first-order valence-electron chi connectivity index (χ1n) is 8.85. The van der Waals surface area contributed by atoms with Gasteiger partial charge in [-0.15, -0.1) is 5.10 Å². The van der Waals surface area contributed by atoms with Gasteiger partial charge in [0.1, 0.15) is 11.6 Å². The number of piperidine rings is 1. The number of hydrogen-bond acceptors (Lipinski definition) is 4. The van der Waals surface area contributed by atoms with Crippen LogP contribution in [-0.4, -0.2) is 34.8 Å². The van der Waals surface area contributed by atoms with E-state index in [0.29, 0.717) is 24.6 Å². The molecule has 0 spiro atoms. The highest BCUT2D eigenvalue weighted by Crippen LogP contribution is 2.22. The van der Waals surface area contributed by atoms with E-state index in [9.17, 15) is 14.0 Å². The molecular formula is C19H23FN4O2. The Morgan fingerprint density at radius 2 is 1.81 bits per heavy atom. The topological polar surface area (TPSA) is 67.2 Å². The average molecular weight is 358 g/mol. The molecule has 1 aliphatic rings. The Hall–Kier alpha value is -2.70. The molecule has 2 aromatic rings. The normalized spacial score (nSPS) is 15.3. The van der Waals surface area contributed by atoms with Crippen LogP contribution in [0.3, 0.4) is 0 Å². The van der Waals surface area contributed by atoms with Crippen molar-refractivity contribution in [1.82, 2.24) is 15.1 Å². The van der Waals surface area contributed by atoms with Crippen molar-refractivity contribution < 1.29 is 9.18 Å². The van der Waals surface area contributed by atoms with Crippen molar-refractivity contribution in [3.8, 4) is 5.69 Å². The molecule has 0 atom stereocenters. The van der Waals surface area contributed by atoms with Gasteiger partial charge in [0.05, 0.1) is 5.69 Å². The molecule has 0 unspecified atom stereocenters. The van der Waals surface area contributed by atoms with Gasteiger partial charge in [-0.3, -0.25) is 9.59 Å². The zero-order valence-electron chi connectivity index (χ0n) is 15.0. The molecule has 1 fully saturated rings. The van der Waals surface area contributed by atoms with Crippen molar-refractivity contribution in [2.45, 2.75) is 32.7 Å². The van der Waals surface area contributed by atoms with E-state index in [1.165, 1.54) is 35.0 Å². The Labute approximate surface area is 151 Å². The van der Waals surface area contributed by atoms with Crippen LogP contribution in [0.5, 0.6) is 0 Å². The number of nitrogens with zero attached hydrogens (tertiary/aromatic N) is 3. The van der Waals surface area contributed by atoms with Crippen LogP contribution in [0.2, 0.25) is 0 Å². The number of benzene rings is 1. The van der Waals surface area contributed by atoms with Crippen LogP contribution < -0.4 is 15.8 Å². The Kier molecular flexibility index (Phi) is 5.35. The maximum atomic E-state index is 13.1. The first-order chi connectivity index (χ1) is 12.4. The number of carbonyl (C=O) groups excluding carboxylic acids is 1. The smallest absolute Gasteiger partial charge is 0.271 e. The fourth-order valence-corrected chi connectivity index (χ4v) is 3.11. The standard InChI is InChI=1S/C19H23FN4O2/c1-13(2)21-19(26)14-9-11-23(12-10-14)17-7-8-18(25)24(22-17)16-5-3-15(20)4-6-16/h3-8,13-14H,9-12H2,1-2H3,(H,21,26). The van der Waals surface area contributed by atoms with Crippen LogP contribution in [0.25, 0.3) is 5.69 Å². The van der Waals surface area contributed by atoms with Gasteiger partial charge in [0.25, 0.3) is 5.56 Å². The molecule has 0 radical (unpaired) electrons. The number of nitrogens with one attached hydrogen (secondary N) is 1. The Morgan fingerprint density at radius 3 is 2.42 bits per heavy atom. The van der Waals surface area contributed by atoms with Gasteiger partial charge in [-0.2, -0.15) is 4.68 Å². The van der Waals surface area contributed by atoms with Gasteiger partial charge in [-0.1, -0.05) is 0 Å². The van der Waals surface area contributed by atoms with Crippen LogP contribution in [0.1, 0.15) is 26.7 Å². The van der Waals surface area contributed by atoms with E-state index < -0.39 is 0 Å². The second-order valence-electron chi connectivity index (χ2n) is 6.84. The molecule has 0 bridgehead atoms. The van der Waals surface area contributed by atoms with E-state index in [4.69, 9.17) is 0 Å². The van der Waals surface area contributed by atoms with Crippen LogP contribution >= 0.6 is 0 Å². The highest BCUT2D eigenvalue weighted by Gasteiger charge is 2.26. The molecular weight excluding hydrogens is 335 g/mol. The quantitative estimate of drug-likeness (QED) is 0.909. The molecule has 2 heterocycles. The predicted octanol–water partition coefficient (Wildman–Crippen LogP) is 2.11. The Bertz CT molecular complexity index is 824. The molecule has 0 aliphatic carbocycles. The zero-order valence-corrected chi connectivity index (χ0v) is 15.0. The summed E-state index contributed by atoms with van der Waals surface area (Å²) >= 11 is 0. The van der Waals surface area contributed by atoms with Crippen LogP contribution in [-0.2, 0) is 4.79 Å². The molecule has 1 aliphatic heterocycles. The summed E-state index contributed by atoms with van der Waals surface area (Å²) in [5, 5.41) is 7.38. The lowest BCUT2D eigenvalue weighted by molar-refractivity contribution is -0.126. The van der Waals surface area contributed by atoms with Crippen molar-refractivity contribution in [1.29, 1.82) is 0 Å². The van der Waals surface area contributed by atoms with E-state index in [-0.39, 0.29) is 29.2 Å². The van der Waals surface area contributed by atoms with Gasteiger partial charge in [0.2, 0.25) is 5.91 Å². The third-order valence-electron chi connectivity index (χ3n) is 4.48. The summed E-state index contributed by atoms with van der Waals surface area (Å²) in [6, 6.07) is 8.94. The van der Waals surface area contributed by atoms with Crippen molar-refractivity contribution in [2.75, 3.05) is 18.0 Å². The molecule has 7 heteroatoms. The fourth-order valence-electron chi connectivity index (χ4n) is 3.11. The van der Waals surface area contributed by atoms with Crippen molar-refractivity contribution in [3.63, 3.8) is 0 Å². The maximum absolute atomic E-state index is 13.1. The van der Waals surface area contributed by atoms with Crippen LogP contribution in [0.4, 0.5) is 10.2 Å². The molecule has 1 aromatic heterocycles. The largest absolute Gasteiger partial charge is 0.355 e. The summed E-state index contributed by atoms with van der Waals surface area (Å²) in [4.78, 5) is 26.3. The Balaban J connectivity index is 1.73. The van der Waals surface area contributed by atoms with Gasteiger partial charge >= 0.3 is 0 Å². The van der Waals surface area contributed by atoms with E-state index in [2.05, 4.69) is 15.3 Å². The first kappa shape index (κ1) is 18.1. The summed E-state index contributed by atoms with van der Waals surface area (Å²) < 4.78 is 14.4. The van der Waals surface area contributed by atoms with Crippen molar-refractivity contribution >= 4 is 11.7 Å². The molecule has 6 nitrogen and oxygen atoms in total. The molecule has 1 amide bonds. The van der Waals surface area contributed by atoms with Crippen molar-refractivity contribution in [3.05, 3.63) is 52.6 Å². The molecule has 3 rings (SSSR count). The molecule has 26 heavy (non-hydrogen) atoms. The summed E-state index contributed by atoms with van der Waals surface area (Å²) in [6.45, 7) is 5.31. The summed E-state index contributed by atoms with van der Waals surface area (Å²) in [5.41, 5.74) is 0.246. The van der Waals surface area contributed by atoms with E-state index >= 15 is 0 Å². The second kappa shape index (κ2) is 7.68.